The summed E-state index contributed by atoms with van der Waals surface area (Å²) in [5.41, 5.74) is 8.61. The summed E-state index contributed by atoms with van der Waals surface area (Å²) in [7, 11) is 0. The Morgan fingerprint density at radius 2 is 1.85 bits per heavy atom. The molecular weight excluding hydrogens is 394 g/mol. The summed E-state index contributed by atoms with van der Waals surface area (Å²) < 4.78 is 1.12. The van der Waals surface area contributed by atoms with E-state index < -0.39 is 0 Å². The first-order chi connectivity index (χ1) is 13.2. The Hall–Kier alpha value is -1.80. The maximum absolute atomic E-state index is 3.88. The van der Waals surface area contributed by atoms with Gasteiger partial charge < -0.3 is 5.32 Å². The summed E-state index contributed by atoms with van der Waals surface area (Å²) in [5.74, 6) is 1.12. The summed E-state index contributed by atoms with van der Waals surface area (Å²) in [5, 5.41) is 3.88. The Bertz CT molecular complexity index is 875. The number of dihydropyridines is 1. The van der Waals surface area contributed by atoms with Crippen LogP contribution in [-0.2, 0) is 6.42 Å². The molecule has 2 unspecified atom stereocenters. The van der Waals surface area contributed by atoms with Crippen molar-refractivity contribution in [1.29, 1.82) is 0 Å². The maximum Gasteiger partial charge on any atom is 0.0418 e. The normalized spacial score (nSPS) is 22.6. The molecule has 1 heterocycles. The molecule has 1 N–H and O–H groups in total. The SMILES string of the molecule is CCC1=C(C2c3ccccc3CCCC2C)NC(c2ccc(Br)cc2)=CC1. The van der Waals surface area contributed by atoms with Crippen LogP contribution in [0.2, 0.25) is 0 Å². The van der Waals surface area contributed by atoms with Gasteiger partial charge in [-0.1, -0.05) is 72.3 Å². The fourth-order valence-electron chi connectivity index (χ4n) is 4.66. The molecule has 1 nitrogen and oxygen atoms in total. The Morgan fingerprint density at radius 3 is 2.63 bits per heavy atom. The molecule has 2 aromatic carbocycles. The van der Waals surface area contributed by atoms with E-state index in [2.05, 4.69) is 89.7 Å². The predicted octanol–water partition coefficient (Wildman–Crippen LogP) is 7.20. The zero-order valence-electron chi connectivity index (χ0n) is 16.3. The first-order valence-corrected chi connectivity index (χ1v) is 11.0. The van der Waals surface area contributed by atoms with Crippen molar-refractivity contribution in [2.24, 2.45) is 5.92 Å². The molecule has 4 rings (SSSR count). The molecule has 0 radical (unpaired) electrons. The van der Waals surface area contributed by atoms with Gasteiger partial charge in [-0.05, 0) is 72.4 Å². The number of allylic oxidation sites excluding steroid dienone is 3. The average Bonchev–Trinajstić information content (AvgIpc) is 2.86. The van der Waals surface area contributed by atoms with E-state index in [0.29, 0.717) is 11.8 Å². The van der Waals surface area contributed by atoms with Gasteiger partial charge in [0.1, 0.15) is 0 Å². The van der Waals surface area contributed by atoms with Crippen molar-refractivity contribution in [3.63, 3.8) is 0 Å². The number of nitrogens with one attached hydrogen (secondary N) is 1. The number of aryl methyl sites for hydroxylation is 1. The van der Waals surface area contributed by atoms with E-state index in [4.69, 9.17) is 0 Å². The average molecular weight is 422 g/mol. The molecule has 27 heavy (non-hydrogen) atoms. The van der Waals surface area contributed by atoms with Crippen molar-refractivity contribution < 1.29 is 0 Å². The number of hydrogen-bond donors (Lipinski definition) is 1. The summed E-state index contributed by atoms with van der Waals surface area (Å²) in [6.45, 7) is 4.73. The molecule has 2 atom stereocenters. The van der Waals surface area contributed by atoms with Gasteiger partial charge in [0.2, 0.25) is 0 Å². The van der Waals surface area contributed by atoms with Gasteiger partial charge in [0, 0.05) is 21.8 Å². The minimum atomic E-state index is 0.470. The van der Waals surface area contributed by atoms with Crippen LogP contribution in [0.1, 0.15) is 62.1 Å². The van der Waals surface area contributed by atoms with Crippen molar-refractivity contribution in [2.75, 3.05) is 0 Å². The van der Waals surface area contributed by atoms with E-state index in [0.717, 1.165) is 17.3 Å². The highest BCUT2D eigenvalue weighted by Gasteiger charge is 2.31. The molecule has 0 aromatic heterocycles. The standard InChI is InChI=1S/C25H28BrN/c1-3-18-13-16-23(20-11-14-21(26)15-12-20)27-25(18)24-17(2)7-6-9-19-8-4-5-10-22(19)24/h4-5,8,10-12,14-17,24,27H,3,6-7,9,13H2,1-2H3. The van der Waals surface area contributed by atoms with Gasteiger partial charge in [0.25, 0.3) is 0 Å². The third-order valence-corrected chi connectivity index (χ3v) is 6.69. The smallest absolute Gasteiger partial charge is 0.0418 e. The molecule has 0 saturated carbocycles. The summed E-state index contributed by atoms with van der Waals surface area (Å²) in [6.07, 6.45) is 8.31. The highest BCUT2D eigenvalue weighted by Crippen LogP contribution is 2.42. The highest BCUT2D eigenvalue weighted by atomic mass is 79.9. The monoisotopic (exact) mass is 421 g/mol. The number of benzene rings is 2. The van der Waals surface area contributed by atoms with Crippen LogP contribution in [0.5, 0.6) is 0 Å². The van der Waals surface area contributed by atoms with Gasteiger partial charge in [-0.3, -0.25) is 0 Å². The third kappa shape index (κ3) is 3.78. The second kappa shape index (κ2) is 8.06. The molecule has 0 saturated heterocycles. The molecule has 2 heteroatoms. The van der Waals surface area contributed by atoms with Crippen molar-refractivity contribution in [3.8, 4) is 0 Å². The predicted molar refractivity (Wildman–Crippen MR) is 118 cm³/mol. The molecule has 1 aliphatic heterocycles. The molecule has 0 fully saturated rings. The van der Waals surface area contributed by atoms with E-state index >= 15 is 0 Å². The van der Waals surface area contributed by atoms with Crippen molar-refractivity contribution in [2.45, 2.75) is 51.9 Å². The zero-order chi connectivity index (χ0) is 18.8. The van der Waals surface area contributed by atoms with Crippen LogP contribution in [0, 0.1) is 5.92 Å². The summed E-state index contributed by atoms with van der Waals surface area (Å²) in [6, 6.07) is 17.7. The Morgan fingerprint density at radius 1 is 1.07 bits per heavy atom. The molecule has 2 aliphatic rings. The fraction of sp³-hybridized carbons (Fsp3) is 0.360. The quantitative estimate of drug-likeness (QED) is 0.516. The van der Waals surface area contributed by atoms with Crippen molar-refractivity contribution in [1.82, 2.24) is 5.32 Å². The molecular formula is C25H28BrN. The second-order valence-corrected chi connectivity index (χ2v) is 8.79. The molecule has 140 valence electrons. The van der Waals surface area contributed by atoms with E-state index in [1.54, 1.807) is 5.57 Å². The topological polar surface area (TPSA) is 12.0 Å². The Labute approximate surface area is 171 Å². The van der Waals surface area contributed by atoms with Crippen LogP contribution < -0.4 is 5.32 Å². The van der Waals surface area contributed by atoms with Crippen LogP contribution in [0.3, 0.4) is 0 Å². The molecule has 0 bridgehead atoms. The number of rotatable bonds is 3. The van der Waals surface area contributed by atoms with Gasteiger partial charge in [0.15, 0.2) is 0 Å². The molecule has 0 amide bonds. The molecule has 2 aromatic rings. The van der Waals surface area contributed by atoms with Gasteiger partial charge in [-0.25, -0.2) is 0 Å². The maximum atomic E-state index is 3.88. The number of hydrogen-bond acceptors (Lipinski definition) is 1. The summed E-state index contributed by atoms with van der Waals surface area (Å²) >= 11 is 3.55. The number of halogens is 1. The van der Waals surface area contributed by atoms with Crippen LogP contribution in [0.4, 0.5) is 0 Å². The van der Waals surface area contributed by atoms with Gasteiger partial charge in [-0.2, -0.15) is 0 Å². The second-order valence-electron chi connectivity index (χ2n) is 7.87. The summed E-state index contributed by atoms with van der Waals surface area (Å²) in [4.78, 5) is 0. The lowest BCUT2D eigenvalue weighted by molar-refractivity contribution is 0.456. The van der Waals surface area contributed by atoms with E-state index in [1.807, 2.05) is 0 Å². The first-order valence-electron chi connectivity index (χ1n) is 10.2. The molecule has 0 spiro atoms. The van der Waals surface area contributed by atoms with Gasteiger partial charge >= 0.3 is 0 Å². The van der Waals surface area contributed by atoms with Crippen LogP contribution in [0.25, 0.3) is 5.70 Å². The lowest BCUT2D eigenvalue weighted by Crippen LogP contribution is -2.26. The molecule has 1 aliphatic carbocycles. The lowest BCUT2D eigenvalue weighted by atomic mass is 9.79. The van der Waals surface area contributed by atoms with Crippen LogP contribution in [-0.4, -0.2) is 0 Å². The zero-order valence-corrected chi connectivity index (χ0v) is 17.9. The van der Waals surface area contributed by atoms with Crippen molar-refractivity contribution >= 4 is 21.6 Å². The van der Waals surface area contributed by atoms with Crippen LogP contribution >= 0.6 is 15.9 Å². The number of fused-ring (bicyclic) bond motifs is 1. The minimum absolute atomic E-state index is 0.470. The highest BCUT2D eigenvalue weighted by molar-refractivity contribution is 9.10. The van der Waals surface area contributed by atoms with E-state index in [1.165, 1.54) is 47.3 Å². The lowest BCUT2D eigenvalue weighted by Gasteiger charge is -2.33. The van der Waals surface area contributed by atoms with E-state index in [9.17, 15) is 0 Å². The Balaban J connectivity index is 1.73. The van der Waals surface area contributed by atoms with Crippen molar-refractivity contribution in [3.05, 3.63) is 87.0 Å². The Kier molecular flexibility index (Phi) is 5.54. The first kappa shape index (κ1) is 18.6. The van der Waals surface area contributed by atoms with Gasteiger partial charge in [0.05, 0.1) is 0 Å². The largest absolute Gasteiger partial charge is 0.358 e. The van der Waals surface area contributed by atoms with Gasteiger partial charge in [-0.15, -0.1) is 0 Å². The fourth-order valence-corrected chi connectivity index (χ4v) is 4.93. The third-order valence-electron chi connectivity index (χ3n) is 6.16. The minimum Gasteiger partial charge on any atom is -0.358 e. The van der Waals surface area contributed by atoms with Crippen LogP contribution in [0.15, 0.2) is 70.3 Å². The van der Waals surface area contributed by atoms with E-state index in [-0.39, 0.29) is 0 Å².